The van der Waals surface area contributed by atoms with Gasteiger partial charge in [0.05, 0.1) is 0 Å². The normalized spacial score (nSPS) is 11.5. The predicted molar refractivity (Wildman–Crippen MR) is 133 cm³/mol. The minimum Gasteiger partial charge on any atom is -0.429 e. The third kappa shape index (κ3) is 6.27. The number of hydrogen-bond acceptors (Lipinski definition) is 1. The van der Waals surface area contributed by atoms with Gasteiger partial charge in [0.25, 0.3) is 0 Å². The number of hydrogen-bond donors (Lipinski definition) is 0. The quantitative estimate of drug-likeness (QED) is 0.151. The van der Waals surface area contributed by atoms with Crippen molar-refractivity contribution in [2.75, 3.05) is 0 Å². The molecule has 0 heterocycles. The summed E-state index contributed by atoms with van der Waals surface area (Å²) in [4.78, 5) is 0. The fourth-order valence-electron chi connectivity index (χ4n) is 4.46. The van der Waals surface area contributed by atoms with Crippen LogP contribution in [0.25, 0.3) is 21.9 Å². The summed E-state index contributed by atoms with van der Waals surface area (Å²) in [6.45, 7) is -1.24. The van der Waals surface area contributed by atoms with Crippen LogP contribution in [0, 0.1) is 23.3 Å². The molecule has 0 aromatic heterocycles. The van der Waals surface area contributed by atoms with Crippen LogP contribution in [-0.4, -0.2) is 6.61 Å². The Hall–Kier alpha value is -3.48. The van der Waals surface area contributed by atoms with Crippen molar-refractivity contribution >= 4 is 10.8 Å². The molecule has 0 saturated heterocycles. The summed E-state index contributed by atoms with van der Waals surface area (Å²) in [5.74, 6) is -4.44. The molecule has 37 heavy (non-hydrogen) atoms. The van der Waals surface area contributed by atoms with Gasteiger partial charge in [0.2, 0.25) is 0 Å². The van der Waals surface area contributed by atoms with Gasteiger partial charge in [0, 0.05) is 10.9 Å². The van der Waals surface area contributed by atoms with Gasteiger partial charge in [-0.3, -0.25) is 0 Å². The van der Waals surface area contributed by atoms with Gasteiger partial charge in [-0.25, -0.2) is 17.6 Å². The molecule has 4 aromatic rings. The van der Waals surface area contributed by atoms with Crippen LogP contribution in [0.2, 0.25) is 0 Å². The van der Waals surface area contributed by atoms with Crippen LogP contribution in [0.5, 0.6) is 5.75 Å². The number of alkyl halides is 2. The Morgan fingerprint density at radius 3 is 2.11 bits per heavy atom. The molecule has 0 saturated carbocycles. The summed E-state index contributed by atoms with van der Waals surface area (Å²) in [5.41, 5.74) is 2.53. The smallest absolute Gasteiger partial charge is 0.387 e. The topological polar surface area (TPSA) is 9.23 Å². The van der Waals surface area contributed by atoms with E-state index in [0.717, 1.165) is 43.4 Å². The van der Waals surface area contributed by atoms with Crippen molar-refractivity contribution in [3.05, 3.63) is 101 Å². The molecule has 0 aliphatic rings. The molecule has 4 aromatic carbocycles. The third-order valence-electron chi connectivity index (χ3n) is 6.40. The maximum atomic E-state index is 15.2. The van der Waals surface area contributed by atoms with Crippen molar-refractivity contribution in [3.63, 3.8) is 0 Å². The zero-order chi connectivity index (χ0) is 26.5. The van der Waals surface area contributed by atoms with Crippen molar-refractivity contribution in [2.45, 2.75) is 52.1 Å². The van der Waals surface area contributed by atoms with Crippen molar-refractivity contribution in [1.29, 1.82) is 0 Å². The number of benzene rings is 4. The average molecular weight is 517 g/mol. The minimum absolute atomic E-state index is 0.0825. The molecule has 7 heteroatoms. The Bertz CT molecular complexity index is 1380. The van der Waals surface area contributed by atoms with Gasteiger partial charge in [0.1, 0.15) is 11.6 Å². The summed E-state index contributed by atoms with van der Waals surface area (Å²) >= 11 is 0. The van der Waals surface area contributed by atoms with Crippen molar-refractivity contribution in [2.24, 2.45) is 0 Å². The van der Waals surface area contributed by atoms with E-state index < -0.39 is 29.8 Å². The average Bonchev–Trinajstić information content (AvgIpc) is 2.86. The van der Waals surface area contributed by atoms with Gasteiger partial charge in [-0.15, -0.1) is 0 Å². The highest BCUT2D eigenvalue weighted by Gasteiger charge is 2.17. The second-order valence-corrected chi connectivity index (χ2v) is 9.01. The first-order valence-electron chi connectivity index (χ1n) is 12.2. The monoisotopic (exact) mass is 516 g/mol. The van der Waals surface area contributed by atoms with Crippen molar-refractivity contribution < 1.29 is 31.1 Å². The van der Waals surface area contributed by atoms with Crippen LogP contribution >= 0.6 is 0 Å². The van der Waals surface area contributed by atoms with Crippen LogP contribution in [-0.2, 0) is 19.3 Å². The molecule has 0 radical (unpaired) electrons. The number of fused-ring (bicyclic) bond motifs is 1. The summed E-state index contributed by atoms with van der Waals surface area (Å²) < 4.78 is 86.5. The number of halogens is 6. The van der Waals surface area contributed by atoms with E-state index in [1.54, 1.807) is 42.5 Å². The number of aryl methyl sites for hydroxylation is 3. The van der Waals surface area contributed by atoms with Crippen molar-refractivity contribution in [3.8, 4) is 16.9 Å². The molecular weight excluding hydrogens is 490 g/mol. The molecular formula is C30H26F6O. The Morgan fingerprint density at radius 1 is 0.703 bits per heavy atom. The Balaban J connectivity index is 1.52. The predicted octanol–water partition coefficient (Wildman–Crippen LogP) is 9.18. The van der Waals surface area contributed by atoms with Gasteiger partial charge < -0.3 is 4.74 Å². The molecule has 194 valence electrons. The molecule has 0 atom stereocenters. The van der Waals surface area contributed by atoms with Crippen LogP contribution in [0.1, 0.15) is 42.9 Å². The summed E-state index contributed by atoms with van der Waals surface area (Å²) in [5, 5.41) is 0.937. The Labute approximate surface area is 211 Å². The summed E-state index contributed by atoms with van der Waals surface area (Å²) in [7, 11) is 0. The Kier molecular flexibility index (Phi) is 8.41. The van der Waals surface area contributed by atoms with E-state index in [4.69, 9.17) is 0 Å². The largest absolute Gasteiger partial charge is 0.429 e. The lowest BCUT2D eigenvalue weighted by atomic mass is 9.96. The highest BCUT2D eigenvalue weighted by Crippen LogP contribution is 2.31. The molecule has 0 fully saturated rings. The lowest BCUT2D eigenvalue weighted by Crippen LogP contribution is -2.06. The van der Waals surface area contributed by atoms with Crippen LogP contribution in [0.3, 0.4) is 0 Å². The molecule has 0 bridgehead atoms. The molecule has 1 nitrogen and oxygen atoms in total. The van der Waals surface area contributed by atoms with Gasteiger partial charge in [-0.2, -0.15) is 8.78 Å². The minimum atomic E-state index is -3.35. The number of rotatable bonds is 10. The number of ether oxygens (including phenoxy) is 1. The van der Waals surface area contributed by atoms with Gasteiger partial charge in [-0.05, 0) is 77.6 Å². The van der Waals surface area contributed by atoms with Crippen LogP contribution in [0.15, 0.2) is 60.7 Å². The van der Waals surface area contributed by atoms with E-state index in [1.807, 2.05) is 6.07 Å². The summed E-state index contributed by atoms with van der Waals surface area (Å²) in [6.07, 6.45) is 4.24. The molecule has 0 amide bonds. The van der Waals surface area contributed by atoms with Crippen molar-refractivity contribution in [1.82, 2.24) is 0 Å². The molecule has 0 aliphatic heterocycles. The van der Waals surface area contributed by atoms with E-state index in [0.29, 0.717) is 27.5 Å². The van der Waals surface area contributed by atoms with Gasteiger partial charge in [0.15, 0.2) is 17.4 Å². The molecule has 0 spiro atoms. The first-order chi connectivity index (χ1) is 17.8. The molecule has 0 N–H and O–H groups in total. The highest BCUT2D eigenvalue weighted by atomic mass is 19.3. The zero-order valence-electron chi connectivity index (χ0n) is 20.3. The van der Waals surface area contributed by atoms with E-state index in [9.17, 15) is 22.0 Å². The molecule has 0 unspecified atom stereocenters. The molecule has 0 aliphatic carbocycles. The van der Waals surface area contributed by atoms with Gasteiger partial charge in [-0.1, -0.05) is 56.2 Å². The first-order valence-corrected chi connectivity index (χ1v) is 12.2. The van der Waals surface area contributed by atoms with E-state index >= 15 is 4.39 Å². The maximum absolute atomic E-state index is 15.2. The van der Waals surface area contributed by atoms with Crippen LogP contribution < -0.4 is 4.74 Å². The maximum Gasteiger partial charge on any atom is 0.387 e. The molecule has 4 rings (SSSR count). The van der Waals surface area contributed by atoms with E-state index in [1.165, 1.54) is 0 Å². The second kappa shape index (κ2) is 11.7. The van der Waals surface area contributed by atoms with Crippen LogP contribution in [0.4, 0.5) is 26.3 Å². The zero-order valence-corrected chi connectivity index (χ0v) is 20.3. The SMILES string of the molecule is CCCCCc1ccc(-c2ccc3c(F)c(CCc4cc(F)c(OC(F)F)c(F)c4)ccc3c2)c(F)c1. The number of unbranched alkanes of at least 4 members (excludes halogenated alkanes) is 2. The highest BCUT2D eigenvalue weighted by molar-refractivity contribution is 5.88. The Morgan fingerprint density at radius 2 is 1.43 bits per heavy atom. The van der Waals surface area contributed by atoms with E-state index in [-0.39, 0.29) is 24.2 Å². The first kappa shape index (κ1) is 26.6. The standard InChI is InChI=1S/C30H26F6O/c1-2-3-4-5-18-7-12-23(25(31)14-18)21-11-13-24-22(17-21)10-9-20(28(24)34)8-6-19-15-26(32)29(27(33)16-19)37-30(35)36/h7,9-17,30H,2-6,8H2,1H3. The fourth-order valence-corrected chi connectivity index (χ4v) is 4.46. The van der Waals surface area contributed by atoms with E-state index in [2.05, 4.69) is 11.7 Å². The summed E-state index contributed by atoms with van der Waals surface area (Å²) in [6, 6.07) is 15.3. The fraction of sp³-hybridized carbons (Fsp3) is 0.267. The lowest BCUT2D eigenvalue weighted by Gasteiger charge is -2.11. The lowest BCUT2D eigenvalue weighted by molar-refractivity contribution is -0.0546. The second-order valence-electron chi connectivity index (χ2n) is 9.01. The van der Waals surface area contributed by atoms with Gasteiger partial charge >= 0.3 is 6.61 Å². The third-order valence-corrected chi connectivity index (χ3v) is 6.40.